The molecule has 0 aliphatic rings. The molecule has 4 nitrogen and oxygen atoms in total. The SMILES string of the molecule is O=C(O)Cc1ccc(NC(=O)/C=C/c2cccc(F)c2)cc1. The van der Waals surface area contributed by atoms with Gasteiger partial charge in [0.25, 0.3) is 0 Å². The average molecular weight is 299 g/mol. The van der Waals surface area contributed by atoms with Crippen molar-refractivity contribution in [3.05, 3.63) is 71.6 Å². The molecule has 0 fully saturated rings. The van der Waals surface area contributed by atoms with Crippen molar-refractivity contribution in [2.45, 2.75) is 6.42 Å². The third-order valence-electron chi connectivity index (χ3n) is 2.85. The number of amides is 1. The van der Waals surface area contributed by atoms with Gasteiger partial charge in [-0.3, -0.25) is 9.59 Å². The van der Waals surface area contributed by atoms with Crippen molar-refractivity contribution >= 4 is 23.6 Å². The van der Waals surface area contributed by atoms with Gasteiger partial charge in [-0.25, -0.2) is 4.39 Å². The lowest BCUT2D eigenvalue weighted by atomic mass is 10.1. The summed E-state index contributed by atoms with van der Waals surface area (Å²) in [6.07, 6.45) is 2.75. The van der Waals surface area contributed by atoms with Crippen molar-refractivity contribution in [3.63, 3.8) is 0 Å². The molecule has 0 aliphatic carbocycles. The second kappa shape index (κ2) is 7.17. The number of carbonyl (C=O) groups is 2. The fourth-order valence-corrected chi connectivity index (χ4v) is 1.85. The molecule has 5 heteroatoms. The van der Waals surface area contributed by atoms with Gasteiger partial charge in [-0.2, -0.15) is 0 Å². The van der Waals surface area contributed by atoms with Gasteiger partial charge in [-0.1, -0.05) is 24.3 Å². The topological polar surface area (TPSA) is 66.4 Å². The Kier molecular flexibility index (Phi) is 5.03. The molecule has 0 aromatic heterocycles. The maximum atomic E-state index is 13.0. The van der Waals surface area contributed by atoms with Crippen LogP contribution in [-0.2, 0) is 16.0 Å². The molecule has 2 aromatic rings. The van der Waals surface area contributed by atoms with Crippen molar-refractivity contribution in [1.82, 2.24) is 0 Å². The number of aliphatic carboxylic acids is 1. The van der Waals surface area contributed by atoms with Crippen LogP contribution in [0.25, 0.3) is 6.08 Å². The van der Waals surface area contributed by atoms with Crippen molar-refractivity contribution in [1.29, 1.82) is 0 Å². The van der Waals surface area contributed by atoms with Crippen molar-refractivity contribution in [3.8, 4) is 0 Å². The van der Waals surface area contributed by atoms with Crippen molar-refractivity contribution in [2.24, 2.45) is 0 Å². The van der Waals surface area contributed by atoms with Crippen LogP contribution in [-0.4, -0.2) is 17.0 Å². The van der Waals surface area contributed by atoms with E-state index in [1.54, 1.807) is 36.4 Å². The minimum absolute atomic E-state index is 0.0618. The van der Waals surface area contributed by atoms with Crippen molar-refractivity contribution in [2.75, 3.05) is 5.32 Å². The summed E-state index contributed by atoms with van der Waals surface area (Å²) in [6, 6.07) is 12.4. The van der Waals surface area contributed by atoms with Gasteiger partial charge >= 0.3 is 5.97 Å². The molecule has 22 heavy (non-hydrogen) atoms. The van der Waals surface area contributed by atoms with E-state index >= 15 is 0 Å². The summed E-state index contributed by atoms with van der Waals surface area (Å²) in [4.78, 5) is 22.3. The number of carboxylic acids is 1. The molecule has 0 saturated heterocycles. The number of rotatable bonds is 5. The summed E-state index contributed by atoms with van der Waals surface area (Å²) < 4.78 is 13.0. The predicted octanol–water partition coefficient (Wildman–Crippen LogP) is 3.10. The molecular formula is C17H14FNO3. The first-order valence-electron chi connectivity index (χ1n) is 6.58. The number of hydrogen-bond donors (Lipinski definition) is 2. The van der Waals surface area contributed by atoms with Gasteiger partial charge in [0.2, 0.25) is 5.91 Å². The molecule has 0 saturated carbocycles. The quantitative estimate of drug-likeness (QED) is 0.834. The first kappa shape index (κ1) is 15.4. The predicted molar refractivity (Wildman–Crippen MR) is 81.8 cm³/mol. The van der Waals surface area contributed by atoms with E-state index in [0.717, 1.165) is 0 Å². The van der Waals surface area contributed by atoms with Crippen LogP contribution in [0.5, 0.6) is 0 Å². The Balaban J connectivity index is 1.95. The van der Waals surface area contributed by atoms with Gasteiger partial charge in [-0.15, -0.1) is 0 Å². The van der Waals surface area contributed by atoms with E-state index in [1.165, 1.54) is 24.3 Å². The Morgan fingerprint density at radius 3 is 2.50 bits per heavy atom. The first-order valence-corrected chi connectivity index (χ1v) is 6.58. The van der Waals surface area contributed by atoms with Crippen LogP contribution in [0.4, 0.5) is 10.1 Å². The Morgan fingerprint density at radius 1 is 1.14 bits per heavy atom. The molecule has 0 spiro atoms. The van der Waals surface area contributed by atoms with Crippen LogP contribution in [0.3, 0.4) is 0 Å². The van der Waals surface area contributed by atoms with Gasteiger partial charge in [0.15, 0.2) is 0 Å². The molecule has 2 N–H and O–H groups in total. The maximum absolute atomic E-state index is 13.0. The minimum atomic E-state index is -0.908. The highest BCUT2D eigenvalue weighted by molar-refractivity contribution is 6.01. The summed E-state index contributed by atoms with van der Waals surface area (Å²) in [6.45, 7) is 0. The van der Waals surface area contributed by atoms with Crippen LogP contribution in [0.15, 0.2) is 54.6 Å². The summed E-state index contributed by atoms with van der Waals surface area (Å²) in [5, 5.41) is 11.3. The van der Waals surface area contributed by atoms with E-state index in [-0.39, 0.29) is 18.1 Å². The van der Waals surface area contributed by atoms with Crippen LogP contribution in [0, 0.1) is 5.82 Å². The molecule has 0 unspecified atom stereocenters. The normalized spacial score (nSPS) is 10.6. The molecule has 1 amide bonds. The van der Waals surface area contributed by atoms with E-state index in [4.69, 9.17) is 5.11 Å². The zero-order chi connectivity index (χ0) is 15.9. The number of carbonyl (C=O) groups excluding carboxylic acids is 1. The summed E-state index contributed by atoms with van der Waals surface area (Å²) in [5.74, 6) is -1.62. The zero-order valence-electron chi connectivity index (χ0n) is 11.6. The number of carboxylic acid groups (broad SMARTS) is 1. The van der Waals surface area contributed by atoms with E-state index in [0.29, 0.717) is 16.8 Å². The smallest absolute Gasteiger partial charge is 0.307 e. The molecule has 0 bridgehead atoms. The van der Waals surface area contributed by atoms with E-state index in [2.05, 4.69) is 5.32 Å². The molecule has 0 atom stereocenters. The van der Waals surface area contributed by atoms with E-state index < -0.39 is 5.97 Å². The third kappa shape index (κ3) is 4.86. The van der Waals surface area contributed by atoms with E-state index in [1.807, 2.05) is 0 Å². The second-order valence-corrected chi connectivity index (χ2v) is 4.65. The molecule has 2 rings (SSSR count). The molecule has 2 aromatic carbocycles. The number of anilines is 1. The number of hydrogen-bond acceptors (Lipinski definition) is 2. The Bertz CT molecular complexity index is 708. The van der Waals surface area contributed by atoms with Gasteiger partial charge < -0.3 is 10.4 Å². The van der Waals surface area contributed by atoms with E-state index in [9.17, 15) is 14.0 Å². The monoisotopic (exact) mass is 299 g/mol. The maximum Gasteiger partial charge on any atom is 0.307 e. The highest BCUT2D eigenvalue weighted by atomic mass is 19.1. The van der Waals surface area contributed by atoms with Crippen LogP contribution >= 0.6 is 0 Å². The standard InChI is InChI=1S/C17H14FNO3/c18-14-3-1-2-12(10-14)6-9-16(20)19-15-7-4-13(5-8-15)11-17(21)22/h1-10H,11H2,(H,19,20)(H,21,22)/b9-6+. The van der Waals surface area contributed by atoms with Gasteiger partial charge in [-0.05, 0) is 41.5 Å². The highest BCUT2D eigenvalue weighted by Crippen LogP contribution is 2.11. The second-order valence-electron chi connectivity index (χ2n) is 4.65. The number of benzene rings is 2. The zero-order valence-corrected chi connectivity index (χ0v) is 11.6. The molecule has 0 heterocycles. The highest BCUT2D eigenvalue weighted by Gasteiger charge is 2.02. The lowest BCUT2D eigenvalue weighted by Crippen LogP contribution is -2.08. The van der Waals surface area contributed by atoms with Crippen LogP contribution in [0.1, 0.15) is 11.1 Å². The molecule has 112 valence electrons. The van der Waals surface area contributed by atoms with Crippen LogP contribution in [0.2, 0.25) is 0 Å². The van der Waals surface area contributed by atoms with Crippen molar-refractivity contribution < 1.29 is 19.1 Å². The first-order chi connectivity index (χ1) is 10.5. The fraction of sp³-hybridized carbons (Fsp3) is 0.0588. The van der Waals surface area contributed by atoms with Crippen LogP contribution < -0.4 is 5.32 Å². The Hall–Kier alpha value is -2.95. The molecular weight excluding hydrogens is 285 g/mol. The molecule has 0 aliphatic heterocycles. The average Bonchev–Trinajstić information content (AvgIpc) is 2.47. The minimum Gasteiger partial charge on any atom is -0.481 e. The van der Waals surface area contributed by atoms with Gasteiger partial charge in [0.05, 0.1) is 6.42 Å². The number of nitrogens with one attached hydrogen (secondary N) is 1. The Morgan fingerprint density at radius 2 is 1.86 bits per heavy atom. The molecule has 0 radical (unpaired) electrons. The number of halogens is 1. The lowest BCUT2D eigenvalue weighted by Gasteiger charge is -2.03. The summed E-state index contributed by atoms with van der Waals surface area (Å²) >= 11 is 0. The third-order valence-corrected chi connectivity index (χ3v) is 2.85. The summed E-state index contributed by atoms with van der Waals surface area (Å²) in [5.41, 5.74) is 1.80. The largest absolute Gasteiger partial charge is 0.481 e. The lowest BCUT2D eigenvalue weighted by molar-refractivity contribution is -0.136. The fourth-order valence-electron chi connectivity index (χ4n) is 1.85. The van der Waals surface area contributed by atoms with Gasteiger partial charge in [0.1, 0.15) is 5.82 Å². The van der Waals surface area contributed by atoms with Gasteiger partial charge in [0, 0.05) is 11.8 Å². The summed E-state index contributed by atoms with van der Waals surface area (Å²) in [7, 11) is 0. The Labute approximate surface area is 126 Å².